The molecule has 0 saturated carbocycles. The Morgan fingerprint density at radius 1 is 1.27 bits per heavy atom. The van der Waals surface area contributed by atoms with E-state index in [-0.39, 0.29) is 18.0 Å². The molecule has 118 valence electrons. The molecule has 0 fully saturated rings. The quantitative estimate of drug-likeness (QED) is 0.900. The van der Waals surface area contributed by atoms with Crippen LogP contribution in [0.2, 0.25) is 0 Å². The van der Waals surface area contributed by atoms with Crippen molar-refractivity contribution in [2.45, 2.75) is 20.4 Å². The highest BCUT2D eigenvalue weighted by Crippen LogP contribution is 2.29. The fraction of sp³-hybridized carbons (Fsp3) is 0.400. The third kappa shape index (κ3) is 3.03. The van der Waals surface area contributed by atoms with E-state index in [2.05, 4.69) is 9.97 Å². The second-order valence-electron chi connectivity index (χ2n) is 4.77. The lowest BCUT2D eigenvalue weighted by Crippen LogP contribution is -2.29. The van der Waals surface area contributed by atoms with Gasteiger partial charge in [-0.15, -0.1) is 0 Å². The number of aromatic nitrogens is 2. The number of carbonyl (C=O) groups excluding carboxylic acids is 1. The maximum atomic E-state index is 12.2. The predicted molar refractivity (Wildman–Crippen MR) is 82.2 cm³/mol. The first-order valence-corrected chi connectivity index (χ1v) is 6.90. The van der Waals surface area contributed by atoms with Crippen LogP contribution in [0.1, 0.15) is 19.7 Å². The van der Waals surface area contributed by atoms with Crippen molar-refractivity contribution >= 4 is 16.8 Å². The summed E-state index contributed by atoms with van der Waals surface area (Å²) in [6.45, 7) is 4.15. The van der Waals surface area contributed by atoms with Crippen molar-refractivity contribution in [3.63, 3.8) is 0 Å². The summed E-state index contributed by atoms with van der Waals surface area (Å²) in [6.07, 6.45) is 0. The number of nitrogens with zero attached hydrogens (tertiary/aromatic N) is 2. The number of H-pyrrole nitrogens is 1. The number of benzene rings is 1. The van der Waals surface area contributed by atoms with Gasteiger partial charge in [-0.3, -0.25) is 9.59 Å². The topological polar surface area (TPSA) is 84.5 Å². The average molecular weight is 305 g/mol. The summed E-state index contributed by atoms with van der Waals surface area (Å²) < 4.78 is 10.4. The Hall–Kier alpha value is -2.57. The molecule has 0 aliphatic rings. The van der Waals surface area contributed by atoms with E-state index in [0.717, 1.165) is 0 Å². The second-order valence-corrected chi connectivity index (χ2v) is 4.77. The van der Waals surface area contributed by atoms with E-state index in [4.69, 9.17) is 9.47 Å². The predicted octanol–water partition coefficient (Wildman–Crippen LogP) is 1.31. The van der Waals surface area contributed by atoms with Crippen LogP contribution in [0.3, 0.4) is 0 Å². The largest absolute Gasteiger partial charge is 0.493 e. The van der Waals surface area contributed by atoms with Crippen LogP contribution >= 0.6 is 0 Å². The number of hydrogen-bond donors (Lipinski definition) is 1. The van der Waals surface area contributed by atoms with Crippen molar-refractivity contribution in [2.75, 3.05) is 20.8 Å². The zero-order valence-corrected chi connectivity index (χ0v) is 13.1. The summed E-state index contributed by atoms with van der Waals surface area (Å²) in [4.78, 5) is 32.4. The highest BCUT2D eigenvalue weighted by molar-refractivity contribution is 5.82. The number of nitrogens with one attached hydrogen (secondary N) is 1. The number of carbonyl (C=O) groups is 1. The fourth-order valence-electron chi connectivity index (χ4n) is 2.22. The molecule has 1 N–H and O–H groups in total. The lowest BCUT2D eigenvalue weighted by Gasteiger charge is -2.18. The summed E-state index contributed by atoms with van der Waals surface area (Å²) in [7, 11) is 3.03. The Kier molecular flexibility index (Phi) is 4.65. The van der Waals surface area contributed by atoms with Gasteiger partial charge >= 0.3 is 0 Å². The number of rotatable bonds is 5. The van der Waals surface area contributed by atoms with Crippen molar-refractivity contribution in [1.82, 2.24) is 14.9 Å². The van der Waals surface area contributed by atoms with E-state index < -0.39 is 0 Å². The first kappa shape index (κ1) is 15.8. The maximum Gasteiger partial charge on any atom is 0.258 e. The van der Waals surface area contributed by atoms with Gasteiger partial charge < -0.3 is 19.4 Å². The van der Waals surface area contributed by atoms with Crippen LogP contribution in [0.5, 0.6) is 11.5 Å². The molecule has 0 bridgehead atoms. The molecule has 0 spiro atoms. The molecular formula is C15H19N3O4. The summed E-state index contributed by atoms with van der Waals surface area (Å²) in [5.74, 6) is 1.33. The average Bonchev–Trinajstić information content (AvgIpc) is 2.51. The molecule has 0 radical (unpaired) electrons. The van der Waals surface area contributed by atoms with Gasteiger partial charge in [0.15, 0.2) is 11.5 Å². The highest BCUT2D eigenvalue weighted by Gasteiger charge is 2.13. The van der Waals surface area contributed by atoms with E-state index in [9.17, 15) is 9.59 Å². The maximum absolute atomic E-state index is 12.2. The summed E-state index contributed by atoms with van der Waals surface area (Å²) in [6, 6.07) is 3.24. The second kappa shape index (κ2) is 6.46. The Morgan fingerprint density at radius 3 is 2.45 bits per heavy atom. The number of ether oxygens (including phenoxy) is 2. The summed E-state index contributed by atoms with van der Waals surface area (Å²) >= 11 is 0. The number of aromatic amines is 1. The molecule has 2 rings (SSSR count). The van der Waals surface area contributed by atoms with Crippen molar-refractivity contribution in [3.05, 3.63) is 28.3 Å². The molecule has 0 unspecified atom stereocenters. The lowest BCUT2D eigenvalue weighted by atomic mass is 10.2. The molecule has 1 aromatic heterocycles. The van der Waals surface area contributed by atoms with Crippen LogP contribution in [0.15, 0.2) is 16.9 Å². The van der Waals surface area contributed by atoms with Gasteiger partial charge in [0.25, 0.3) is 5.56 Å². The minimum atomic E-state index is -0.277. The first-order chi connectivity index (χ1) is 10.5. The SMILES string of the molecule is CCN(Cc1nc2cc(OC)c(OC)cc2c(=O)[nH]1)C(C)=O. The van der Waals surface area contributed by atoms with E-state index in [1.165, 1.54) is 21.1 Å². The highest BCUT2D eigenvalue weighted by atomic mass is 16.5. The first-order valence-electron chi connectivity index (χ1n) is 6.90. The standard InChI is InChI=1S/C15H19N3O4/c1-5-18(9(2)19)8-14-16-11-7-13(22-4)12(21-3)6-10(11)15(20)17-14/h6-7H,5,8H2,1-4H3,(H,16,17,20). The van der Waals surface area contributed by atoms with Gasteiger partial charge in [-0.05, 0) is 13.0 Å². The number of amides is 1. The Morgan fingerprint density at radius 2 is 1.91 bits per heavy atom. The van der Waals surface area contributed by atoms with Gasteiger partial charge in [0, 0.05) is 19.5 Å². The molecular weight excluding hydrogens is 286 g/mol. The van der Waals surface area contributed by atoms with Gasteiger partial charge in [-0.1, -0.05) is 0 Å². The Bertz CT molecular complexity index is 754. The van der Waals surface area contributed by atoms with Crippen LogP contribution in [0.4, 0.5) is 0 Å². The molecule has 1 heterocycles. The van der Waals surface area contributed by atoms with Gasteiger partial charge in [-0.2, -0.15) is 0 Å². The van der Waals surface area contributed by atoms with Crippen molar-refractivity contribution in [1.29, 1.82) is 0 Å². The van der Waals surface area contributed by atoms with E-state index in [1.54, 1.807) is 17.0 Å². The van der Waals surface area contributed by atoms with Crippen LogP contribution < -0.4 is 15.0 Å². The number of methoxy groups -OCH3 is 2. The van der Waals surface area contributed by atoms with Crippen molar-refractivity contribution in [2.24, 2.45) is 0 Å². The zero-order chi connectivity index (χ0) is 16.3. The number of fused-ring (bicyclic) bond motifs is 1. The van der Waals surface area contributed by atoms with Gasteiger partial charge in [0.05, 0.1) is 31.7 Å². The zero-order valence-electron chi connectivity index (χ0n) is 13.1. The van der Waals surface area contributed by atoms with Gasteiger partial charge in [-0.25, -0.2) is 4.98 Å². The molecule has 0 atom stereocenters. The van der Waals surface area contributed by atoms with Gasteiger partial charge in [0.2, 0.25) is 5.91 Å². The lowest BCUT2D eigenvalue weighted by molar-refractivity contribution is -0.129. The molecule has 1 amide bonds. The molecule has 2 aromatic rings. The third-order valence-electron chi connectivity index (χ3n) is 3.43. The molecule has 0 aliphatic carbocycles. The number of hydrogen-bond acceptors (Lipinski definition) is 5. The molecule has 7 nitrogen and oxygen atoms in total. The minimum Gasteiger partial charge on any atom is -0.493 e. The fourth-order valence-corrected chi connectivity index (χ4v) is 2.22. The Balaban J connectivity index is 2.52. The molecule has 1 aromatic carbocycles. The smallest absolute Gasteiger partial charge is 0.258 e. The molecule has 0 saturated heterocycles. The van der Waals surface area contributed by atoms with Crippen LogP contribution in [-0.4, -0.2) is 41.5 Å². The molecule has 0 aliphatic heterocycles. The summed E-state index contributed by atoms with van der Waals surface area (Å²) in [5.41, 5.74) is 0.219. The Labute approximate surface area is 127 Å². The van der Waals surface area contributed by atoms with Gasteiger partial charge in [0.1, 0.15) is 5.82 Å². The normalized spacial score (nSPS) is 10.5. The summed E-state index contributed by atoms with van der Waals surface area (Å²) in [5, 5.41) is 0.410. The van der Waals surface area contributed by atoms with E-state index in [0.29, 0.717) is 34.8 Å². The third-order valence-corrected chi connectivity index (χ3v) is 3.43. The van der Waals surface area contributed by atoms with Crippen LogP contribution in [0.25, 0.3) is 10.9 Å². The van der Waals surface area contributed by atoms with E-state index >= 15 is 0 Å². The van der Waals surface area contributed by atoms with E-state index in [1.807, 2.05) is 6.92 Å². The molecule has 7 heteroatoms. The minimum absolute atomic E-state index is 0.0717. The van der Waals surface area contributed by atoms with Crippen molar-refractivity contribution in [3.8, 4) is 11.5 Å². The monoisotopic (exact) mass is 305 g/mol. The molecule has 22 heavy (non-hydrogen) atoms. The van der Waals surface area contributed by atoms with Crippen LogP contribution in [0, 0.1) is 0 Å². The van der Waals surface area contributed by atoms with Crippen molar-refractivity contribution < 1.29 is 14.3 Å². The van der Waals surface area contributed by atoms with Crippen LogP contribution in [-0.2, 0) is 11.3 Å².